The summed E-state index contributed by atoms with van der Waals surface area (Å²) in [5.74, 6) is -1.02. The Balaban J connectivity index is 1.80. The predicted octanol–water partition coefficient (Wildman–Crippen LogP) is 3.58. The Hall–Kier alpha value is -3.92. The standard InChI is InChI=1S/C24H24FN3O5S/c1-3-33-23-14-18(6-13-22(23)29)15-26-27-24(30)16-28(20-9-4-17(2)5-10-20)34(31,32)21-11-7-19(25)8-12-21/h4-15,29H,3,16H2,1-2H3,(H,27,30). The highest BCUT2D eigenvalue weighted by Crippen LogP contribution is 2.26. The molecule has 0 aliphatic carbocycles. The summed E-state index contributed by atoms with van der Waals surface area (Å²) in [6.07, 6.45) is 1.34. The first-order valence-corrected chi connectivity index (χ1v) is 11.8. The van der Waals surface area contributed by atoms with Gasteiger partial charge in [0.15, 0.2) is 11.5 Å². The maximum absolute atomic E-state index is 13.3. The Bertz CT molecular complexity index is 1280. The number of aryl methyl sites for hydroxylation is 1. The van der Waals surface area contributed by atoms with Gasteiger partial charge in [-0.15, -0.1) is 0 Å². The van der Waals surface area contributed by atoms with Crippen molar-refractivity contribution in [2.75, 3.05) is 17.5 Å². The van der Waals surface area contributed by atoms with Crippen molar-refractivity contribution in [1.29, 1.82) is 0 Å². The lowest BCUT2D eigenvalue weighted by Crippen LogP contribution is -2.39. The number of hydrogen-bond donors (Lipinski definition) is 2. The first kappa shape index (κ1) is 24.7. The lowest BCUT2D eigenvalue weighted by atomic mass is 10.2. The summed E-state index contributed by atoms with van der Waals surface area (Å²) in [6.45, 7) is 3.44. The van der Waals surface area contributed by atoms with Crippen LogP contribution in [0.3, 0.4) is 0 Å². The zero-order valence-corrected chi connectivity index (χ0v) is 19.4. The zero-order chi connectivity index (χ0) is 24.7. The molecule has 0 unspecified atom stereocenters. The molecule has 1 amide bonds. The number of phenols is 1. The summed E-state index contributed by atoms with van der Waals surface area (Å²) >= 11 is 0. The minimum Gasteiger partial charge on any atom is -0.504 e. The van der Waals surface area contributed by atoms with Gasteiger partial charge in [0.25, 0.3) is 15.9 Å². The van der Waals surface area contributed by atoms with Crippen LogP contribution in [0.1, 0.15) is 18.1 Å². The average molecular weight is 486 g/mol. The van der Waals surface area contributed by atoms with Gasteiger partial charge in [0.1, 0.15) is 12.4 Å². The molecule has 2 N–H and O–H groups in total. The monoisotopic (exact) mass is 485 g/mol. The molecule has 0 spiro atoms. The van der Waals surface area contributed by atoms with Crippen LogP contribution in [-0.2, 0) is 14.8 Å². The van der Waals surface area contributed by atoms with Crippen molar-refractivity contribution in [2.45, 2.75) is 18.7 Å². The van der Waals surface area contributed by atoms with E-state index in [1.807, 2.05) is 6.92 Å². The number of rotatable bonds is 9. The molecule has 3 aromatic rings. The summed E-state index contributed by atoms with van der Waals surface area (Å²) in [5.41, 5.74) is 4.04. The van der Waals surface area contributed by atoms with E-state index in [0.29, 0.717) is 12.2 Å². The van der Waals surface area contributed by atoms with Gasteiger partial charge >= 0.3 is 0 Å². The number of benzene rings is 3. The smallest absolute Gasteiger partial charge is 0.264 e. The molecule has 0 bridgehead atoms. The molecule has 34 heavy (non-hydrogen) atoms. The van der Waals surface area contributed by atoms with Crippen LogP contribution in [0.4, 0.5) is 10.1 Å². The van der Waals surface area contributed by atoms with Crippen LogP contribution in [0, 0.1) is 12.7 Å². The maximum Gasteiger partial charge on any atom is 0.264 e. The van der Waals surface area contributed by atoms with Crippen molar-refractivity contribution in [3.05, 3.63) is 83.7 Å². The minimum atomic E-state index is -4.16. The van der Waals surface area contributed by atoms with Crippen molar-refractivity contribution in [3.63, 3.8) is 0 Å². The van der Waals surface area contributed by atoms with Crippen LogP contribution in [0.5, 0.6) is 11.5 Å². The molecule has 0 aliphatic rings. The third-order valence-electron chi connectivity index (χ3n) is 4.70. The molecule has 8 nitrogen and oxygen atoms in total. The number of carbonyl (C=O) groups is 1. The van der Waals surface area contributed by atoms with E-state index in [2.05, 4.69) is 10.5 Å². The number of phenolic OH excluding ortho intramolecular Hbond substituents is 1. The van der Waals surface area contributed by atoms with Crippen LogP contribution in [-0.4, -0.2) is 38.8 Å². The van der Waals surface area contributed by atoms with E-state index in [-0.39, 0.29) is 22.1 Å². The molecule has 10 heteroatoms. The molecule has 3 aromatic carbocycles. The number of hydrogen-bond acceptors (Lipinski definition) is 6. The molecular weight excluding hydrogens is 461 g/mol. The van der Waals surface area contributed by atoms with Gasteiger partial charge < -0.3 is 9.84 Å². The number of sulfonamides is 1. The van der Waals surface area contributed by atoms with Gasteiger partial charge in [-0.05, 0) is 74.0 Å². The Morgan fingerprint density at radius 3 is 2.44 bits per heavy atom. The summed E-state index contributed by atoms with van der Waals surface area (Å²) in [4.78, 5) is 12.4. The molecule has 178 valence electrons. The summed E-state index contributed by atoms with van der Waals surface area (Å²) in [6, 6.07) is 15.5. The molecule has 0 saturated carbocycles. The highest BCUT2D eigenvalue weighted by Gasteiger charge is 2.27. The number of ether oxygens (including phenoxy) is 1. The van der Waals surface area contributed by atoms with Crippen LogP contribution >= 0.6 is 0 Å². The van der Waals surface area contributed by atoms with E-state index in [1.54, 1.807) is 43.3 Å². The number of carbonyl (C=O) groups excluding carboxylic acids is 1. The lowest BCUT2D eigenvalue weighted by molar-refractivity contribution is -0.119. The molecular formula is C24H24FN3O5S. The fourth-order valence-electron chi connectivity index (χ4n) is 2.99. The van der Waals surface area contributed by atoms with Crippen molar-refractivity contribution in [3.8, 4) is 11.5 Å². The molecule has 0 heterocycles. The Morgan fingerprint density at radius 2 is 1.79 bits per heavy atom. The number of nitrogens with one attached hydrogen (secondary N) is 1. The molecule has 0 fully saturated rings. The first-order chi connectivity index (χ1) is 16.2. The van der Waals surface area contributed by atoms with E-state index >= 15 is 0 Å². The molecule has 0 saturated heterocycles. The number of amides is 1. The third-order valence-corrected chi connectivity index (χ3v) is 6.49. The van der Waals surface area contributed by atoms with Gasteiger partial charge in [-0.25, -0.2) is 18.2 Å². The van der Waals surface area contributed by atoms with Crippen LogP contribution < -0.4 is 14.5 Å². The predicted molar refractivity (Wildman–Crippen MR) is 127 cm³/mol. The van der Waals surface area contributed by atoms with E-state index in [0.717, 1.165) is 34.1 Å². The third kappa shape index (κ3) is 6.10. The highest BCUT2D eigenvalue weighted by molar-refractivity contribution is 7.92. The van der Waals surface area contributed by atoms with Crippen molar-refractivity contribution < 1.29 is 27.4 Å². The second-order valence-electron chi connectivity index (χ2n) is 7.25. The van der Waals surface area contributed by atoms with Crippen molar-refractivity contribution in [1.82, 2.24) is 5.43 Å². The number of anilines is 1. The Kier molecular flexibility index (Phi) is 7.85. The maximum atomic E-state index is 13.3. The molecule has 0 aliphatic heterocycles. The molecule has 3 rings (SSSR count). The fraction of sp³-hybridized carbons (Fsp3) is 0.167. The summed E-state index contributed by atoms with van der Waals surface area (Å²) < 4.78 is 46.0. The van der Waals surface area contributed by atoms with Crippen LogP contribution in [0.2, 0.25) is 0 Å². The fourth-order valence-corrected chi connectivity index (χ4v) is 4.41. The van der Waals surface area contributed by atoms with Crippen molar-refractivity contribution in [2.24, 2.45) is 5.10 Å². The van der Waals surface area contributed by atoms with E-state index in [9.17, 15) is 22.7 Å². The number of hydrazone groups is 1. The van der Waals surface area contributed by atoms with E-state index in [1.165, 1.54) is 12.3 Å². The van der Waals surface area contributed by atoms with Gasteiger partial charge in [-0.1, -0.05) is 17.7 Å². The normalized spacial score (nSPS) is 11.4. The topological polar surface area (TPSA) is 108 Å². The van der Waals surface area contributed by atoms with Gasteiger partial charge in [0, 0.05) is 0 Å². The second kappa shape index (κ2) is 10.8. The number of nitrogens with zero attached hydrogens (tertiary/aromatic N) is 2. The number of aromatic hydroxyl groups is 1. The highest BCUT2D eigenvalue weighted by atomic mass is 32.2. The van der Waals surface area contributed by atoms with Gasteiger partial charge in [-0.2, -0.15) is 5.10 Å². The molecule has 0 aromatic heterocycles. The quantitative estimate of drug-likeness (QED) is 0.356. The Morgan fingerprint density at radius 1 is 1.12 bits per heavy atom. The minimum absolute atomic E-state index is 0.0252. The molecule has 0 radical (unpaired) electrons. The summed E-state index contributed by atoms with van der Waals surface area (Å²) in [5, 5.41) is 13.6. The summed E-state index contributed by atoms with van der Waals surface area (Å²) in [7, 11) is -4.16. The SMILES string of the molecule is CCOc1cc(C=NNC(=O)CN(c2ccc(C)cc2)S(=O)(=O)c2ccc(F)cc2)ccc1O. The second-order valence-corrected chi connectivity index (χ2v) is 9.12. The van der Waals surface area contributed by atoms with Gasteiger partial charge in [0.2, 0.25) is 0 Å². The van der Waals surface area contributed by atoms with E-state index in [4.69, 9.17) is 4.74 Å². The lowest BCUT2D eigenvalue weighted by Gasteiger charge is -2.23. The van der Waals surface area contributed by atoms with Crippen molar-refractivity contribution >= 4 is 27.8 Å². The molecule has 0 atom stereocenters. The zero-order valence-electron chi connectivity index (χ0n) is 18.6. The van der Waals surface area contributed by atoms with Crippen LogP contribution in [0.25, 0.3) is 0 Å². The Labute approximate surface area is 197 Å². The van der Waals surface area contributed by atoms with Gasteiger partial charge in [-0.3, -0.25) is 9.10 Å². The van der Waals surface area contributed by atoms with Crippen LogP contribution in [0.15, 0.2) is 76.7 Å². The first-order valence-electron chi connectivity index (χ1n) is 10.3. The van der Waals surface area contributed by atoms with Gasteiger partial charge in [0.05, 0.1) is 23.4 Å². The largest absolute Gasteiger partial charge is 0.504 e. The average Bonchev–Trinajstić information content (AvgIpc) is 2.80. The van der Waals surface area contributed by atoms with E-state index < -0.39 is 28.3 Å². The number of halogens is 1.